The van der Waals surface area contributed by atoms with Crippen LogP contribution in [0.2, 0.25) is 0 Å². The molecule has 10 heterocycles. The van der Waals surface area contributed by atoms with E-state index in [0.29, 0.717) is 29.3 Å². The van der Waals surface area contributed by atoms with E-state index < -0.39 is 0 Å². The molecule has 1 amide bonds. The molecule has 1 saturated heterocycles. The monoisotopic (exact) mass is 1860 g/mol. The number of rotatable bonds is 64. The largest absolute Gasteiger partial charge is 0.491 e. The van der Waals surface area contributed by atoms with Crippen molar-refractivity contribution in [1.29, 1.82) is 0 Å². The number of carbonyl (C=O) groups is 1. The zero-order valence-electron chi connectivity index (χ0n) is 77.9. The molecule has 2 unspecified atom stereocenters. The Bertz CT molecular complexity index is 4810. The van der Waals surface area contributed by atoms with Gasteiger partial charge in [-0.25, -0.2) is 0 Å². The Labute approximate surface area is 791 Å². The summed E-state index contributed by atoms with van der Waals surface area (Å²) in [6.45, 7) is 29.9. The number of thioether (sulfide) groups is 1. The maximum absolute atomic E-state index is 13.7. The van der Waals surface area contributed by atoms with Crippen LogP contribution in [-0.4, -0.2) is 34.9 Å². The van der Waals surface area contributed by atoms with Crippen molar-refractivity contribution < 1.29 is 14.3 Å². The average Bonchev–Trinajstić information content (AvgIpc) is 1.58. The van der Waals surface area contributed by atoms with Crippen molar-refractivity contribution in [3.05, 3.63) is 109 Å². The zero-order chi connectivity index (χ0) is 86.7. The molecule has 674 valence electrons. The van der Waals surface area contributed by atoms with E-state index in [0.717, 1.165) is 85.7 Å². The average molecular weight is 1870 g/mol. The van der Waals surface area contributed by atoms with Crippen LogP contribution in [0.4, 0.5) is 0 Å². The maximum atomic E-state index is 13.7. The first-order valence-electron chi connectivity index (χ1n) is 49.7. The molecule has 0 spiro atoms. The predicted molar refractivity (Wildman–Crippen MR) is 566 cm³/mol. The van der Waals surface area contributed by atoms with Crippen LogP contribution in [-0.2, 0) is 43.3 Å². The van der Waals surface area contributed by atoms with Gasteiger partial charge in [-0.3, -0.25) is 9.69 Å². The predicted octanol–water partition coefficient (Wildman–Crippen LogP) is 40.0. The van der Waals surface area contributed by atoms with Gasteiger partial charge in [0.25, 0.3) is 5.91 Å². The van der Waals surface area contributed by atoms with Crippen molar-refractivity contribution in [1.82, 2.24) is 4.90 Å². The molecule has 1 aliphatic heterocycles. The fraction of sp³-hybridized carbons (Fsp3) is 0.611. The van der Waals surface area contributed by atoms with E-state index in [1.807, 2.05) is 74.9 Å². The molecular weight excluding hydrogens is 1710 g/mol. The van der Waals surface area contributed by atoms with Crippen LogP contribution in [0.1, 0.15) is 395 Å². The third-order valence-corrected chi connectivity index (χ3v) is 38.6. The van der Waals surface area contributed by atoms with Crippen molar-refractivity contribution >= 4 is 162 Å². The van der Waals surface area contributed by atoms with Gasteiger partial charge in [-0.2, -0.15) is 0 Å². The second-order valence-electron chi connectivity index (χ2n) is 35.7. The van der Waals surface area contributed by atoms with Crippen LogP contribution in [0.5, 0.6) is 11.5 Å². The third-order valence-electron chi connectivity index (χ3n) is 25.7. The molecule has 0 aliphatic carbocycles. The molecule has 0 bridgehead atoms. The molecule has 2 atom stereocenters. The Morgan fingerprint density at radius 1 is 0.333 bits per heavy atom. The number of aryl methyl sites for hydroxylation is 7. The van der Waals surface area contributed by atoms with E-state index in [9.17, 15) is 4.79 Å². The molecule has 1 fully saturated rings. The summed E-state index contributed by atoms with van der Waals surface area (Å²) in [7, 11) is 0. The number of benzene rings is 1. The van der Waals surface area contributed by atoms with Gasteiger partial charge in [-0.15, -0.1) is 102 Å². The topological polar surface area (TPSA) is 38.8 Å². The van der Waals surface area contributed by atoms with Crippen LogP contribution >= 0.6 is 126 Å². The Hall–Kier alpha value is -3.71. The fourth-order valence-electron chi connectivity index (χ4n) is 18.0. The van der Waals surface area contributed by atoms with Gasteiger partial charge in [0.2, 0.25) is 0 Å². The molecule has 10 aromatic rings. The third kappa shape index (κ3) is 28.7. The Morgan fingerprint density at radius 2 is 0.659 bits per heavy atom. The van der Waals surface area contributed by atoms with Gasteiger partial charge in [-0.1, -0.05) is 318 Å². The van der Waals surface area contributed by atoms with E-state index in [1.165, 1.54) is 390 Å². The van der Waals surface area contributed by atoms with Crippen LogP contribution in [0, 0.1) is 18.8 Å². The SMILES string of the molecule is CCCCCCCCc1cc(-c2sc(-c3cc4c(OCC(CC)CCCC)c5sc(-c6cc(CCCCCCCC)c(-c7cc(CCCCCCCC)c(-c8ccc(-c9sc(-c%10sc(/C=C%11/SC(=S)N(CC)C%11=O)cc%10CCCCCCCC)cc9CCCCCCCC)s8)s7)s6)cc5c(OCC(CC)CCC)c4s3)cc2CCCCCCCC)sc1C. The number of thiophene rings is 9. The zero-order valence-corrected chi connectivity index (χ0v) is 86.9. The first-order valence-corrected chi connectivity index (χ1v) is 58.3. The Kier molecular flexibility index (Phi) is 44.0. The Morgan fingerprint density at radius 3 is 1.04 bits per heavy atom. The summed E-state index contributed by atoms with van der Waals surface area (Å²) >= 11 is 25.4. The number of ether oxygens (including phenoxy) is 2. The lowest BCUT2D eigenvalue weighted by molar-refractivity contribution is -0.122. The lowest BCUT2D eigenvalue weighted by Crippen LogP contribution is -2.27. The normalized spacial score (nSPS) is 13.5. The first kappa shape index (κ1) is 99.9. The molecule has 123 heavy (non-hydrogen) atoms. The van der Waals surface area contributed by atoms with E-state index in [4.69, 9.17) is 21.7 Å². The molecule has 1 aliphatic rings. The molecule has 9 aromatic heterocycles. The summed E-state index contributed by atoms with van der Waals surface area (Å²) in [5.41, 5.74) is 9.10. The summed E-state index contributed by atoms with van der Waals surface area (Å²) in [4.78, 5) is 38.8. The Balaban J connectivity index is 1.02. The lowest BCUT2D eigenvalue weighted by Gasteiger charge is -2.19. The highest BCUT2D eigenvalue weighted by molar-refractivity contribution is 8.26. The second kappa shape index (κ2) is 54.2. The highest BCUT2D eigenvalue weighted by atomic mass is 32.2. The maximum Gasteiger partial charge on any atom is 0.266 e. The van der Waals surface area contributed by atoms with Crippen LogP contribution in [0.3, 0.4) is 0 Å². The van der Waals surface area contributed by atoms with Gasteiger partial charge in [0.1, 0.15) is 15.8 Å². The van der Waals surface area contributed by atoms with E-state index in [-0.39, 0.29) is 5.91 Å². The van der Waals surface area contributed by atoms with Crippen molar-refractivity contribution in [2.45, 2.75) is 398 Å². The van der Waals surface area contributed by atoms with Crippen molar-refractivity contribution in [2.24, 2.45) is 11.8 Å². The second-order valence-corrected chi connectivity index (χ2v) is 47.1. The minimum atomic E-state index is 0.0446. The smallest absolute Gasteiger partial charge is 0.266 e. The van der Waals surface area contributed by atoms with Gasteiger partial charge in [0.15, 0.2) is 0 Å². The summed E-state index contributed by atoms with van der Waals surface area (Å²) in [5.74, 6) is 3.16. The number of carbonyl (C=O) groups excluding carboxylic acids is 1. The molecule has 4 nitrogen and oxygen atoms in total. The molecular formula is C108H153NO3S11. The summed E-state index contributed by atoms with van der Waals surface area (Å²) in [6, 6.07) is 25.7. The van der Waals surface area contributed by atoms with Crippen LogP contribution in [0.25, 0.3) is 94.5 Å². The number of thiocarbonyl (C=S) groups is 1. The van der Waals surface area contributed by atoms with E-state index in [1.54, 1.807) is 10.5 Å². The molecule has 0 saturated carbocycles. The molecule has 15 heteroatoms. The summed E-state index contributed by atoms with van der Waals surface area (Å²) in [5, 5.41) is 2.46. The molecule has 0 N–H and O–H groups in total. The number of nitrogens with zero attached hydrogens (tertiary/aromatic N) is 1. The van der Waals surface area contributed by atoms with Gasteiger partial charge in [0.05, 0.1) is 27.5 Å². The standard InChI is InChI=1S/C108H153NO3S11/c1-13-24-31-37-43-49-57-79-66-94(114-76(79)12)103-81(59-51-45-39-33-26-15-3)67-90(117-103)92-73-87-99(112-75-78(22-10)56-30-19-7)106-86(98(105(87)119-92)111-74-77(21-9)55-20-8)72-93(120-106)91-68-82(60-52-46-40-34-27-16-4)104(118-91)96-70-84(62-54-48-42-36-29-18-6)101(122-96)89-64-63-88(116-89)100-83(61-53-47-41-35-28-17-5)69-95(121-100)102-80(58-50-44-38-32-25-14-2)65-85(115-102)71-97-107(110)109(23-11)108(113)123-97/h63-73,77-78H,13-62,74-75H2,1-12H3/b97-71+. The van der Waals surface area contributed by atoms with Gasteiger partial charge in [-0.05, 0) is 216 Å². The molecule has 11 rings (SSSR count). The van der Waals surface area contributed by atoms with Crippen LogP contribution in [0.15, 0.2) is 65.6 Å². The quantitative estimate of drug-likeness (QED) is 0.0216. The number of unbranched alkanes of at least 4 members (excludes halogenated alkanes) is 31. The highest BCUT2D eigenvalue weighted by Crippen LogP contribution is 2.57. The minimum Gasteiger partial charge on any atom is -0.491 e. The summed E-state index contributed by atoms with van der Waals surface area (Å²) < 4.78 is 18.4. The highest BCUT2D eigenvalue weighted by Gasteiger charge is 2.33. The minimum absolute atomic E-state index is 0.0446. The molecule has 1 aromatic carbocycles. The first-order chi connectivity index (χ1) is 60.3. The van der Waals surface area contributed by atoms with E-state index in [2.05, 4.69) is 177 Å². The van der Waals surface area contributed by atoms with Gasteiger partial charge in [0, 0.05) is 95.4 Å². The fourth-order valence-corrected chi connectivity index (χ4v) is 30.7. The molecule has 0 radical (unpaired) electrons. The number of fused-ring (bicyclic) bond motifs is 2. The van der Waals surface area contributed by atoms with Crippen molar-refractivity contribution in [3.8, 4) is 79.8 Å². The van der Waals surface area contributed by atoms with E-state index >= 15 is 0 Å². The lowest BCUT2D eigenvalue weighted by atomic mass is 10.0. The number of likely N-dealkylation sites (N-methyl/N-ethyl adjacent to an activating group) is 1. The number of hydrogen-bond donors (Lipinski definition) is 0. The van der Waals surface area contributed by atoms with Crippen molar-refractivity contribution in [2.75, 3.05) is 19.8 Å². The van der Waals surface area contributed by atoms with Crippen molar-refractivity contribution in [3.63, 3.8) is 0 Å². The number of amides is 1. The van der Waals surface area contributed by atoms with Crippen LogP contribution < -0.4 is 9.47 Å². The summed E-state index contributed by atoms with van der Waals surface area (Å²) in [6.07, 6.45) is 63.5. The van der Waals surface area contributed by atoms with Gasteiger partial charge >= 0.3 is 0 Å². The van der Waals surface area contributed by atoms with Gasteiger partial charge < -0.3 is 9.47 Å². The number of hydrogen-bond acceptors (Lipinski definition) is 14.